The van der Waals surface area contributed by atoms with Gasteiger partial charge in [0.05, 0.1) is 12.2 Å². The molecule has 90 valence electrons. The number of aliphatic hydroxyl groups excluding tert-OH is 1. The average Bonchev–Trinajstić information content (AvgIpc) is 2.26. The van der Waals surface area contributed by atoms with Crippen LogP contribution in [0, 0.1) is 0 Å². The molecule has 0 aliphatic rings. The van der Waals surface area contributed by atoms with E-state index in [2.05, 4.69) is 6.92 Å². The van der Waals surface area contributed by atoms with E-state index >= 15 is 0 Å². The molecule has 3 heteroatoms. The summed E-state index contributed by atoms with van der Waals surface area (Å²) in [6, 6.07) is 7.25. The number of nitrogen functional groups attached to an aromatic ring is 1. The Morgan fingerprint density at radius 1 is 1.44 bits per heavy atom. The van der Waals surface area contributed by atoms with Gasteiger partial charge in [-0.15, -0.1) is 0 Å². The van der Waals surface area contributed by atoms with Crippen LogP contribution >= 0.6 is 0 Å². The number of benzene rings is 1. The molecule has 1 aromatic rings. The summed E-state index contributed by atoms with van der Waals surface area (Å²) in [6.07, 6.45) is 0.297. The summed E-state index contributed by atoms with van der Waals surface area (Å²) in [5.41, 5.74) is 6.92. The molecule has 0 heterocycles. The molecule has 0 aliphatic carbocycles. The van der Waals surface area contributed by atoms with Gasteiger partial charge < -0.3 is 15.6 Å². The maximum Gasteiger partial charge on any atom is 0.102 e. The normalized spacial score (nSPS) is 13.8. The second-order valence-electron chi connectivity index (χ2n) is 4.61. The lowest BCUT2D eigenvalue weighted by Gasteiger charge is -2.25. The second-order valence-corrected chi connectivity index (χ2v) is 4.61. The molecule has 3 nitrogen and oxygen atoms in total. The molecule has 1 atom stereocenters. The monoisotopic (exact) mass is 223 g/mol. The molecule has 0 spiro atoms. The number of aliphatic hydroxyl groups is 1. The van der Waals surface area contributed by atoms with Crippen molar-refractivity contribution in [3.63, 3.8) is 0 Å². The maximum absolute atomic E-state index is 9.92. The van der Waals surface area contributed by atoms with Crippen molar-refractivity contribution in [2.45, 2.75) is 38.9 Å². The Bertz CT molecular complexity index is 336. The van der Waals surface area contributed by atoms with Crippen molar-refractivity contribution in [3.8, 4) is 0 Å². The van der Waals surface area contributed by atoms with Gasteiger partial charge in [-0.1, -0.05) is 19.1 Å². The van der Waals surface area contributed by atoms with Crippen LogP contribution in [-0.2, 0) is 4.74 Å². The predicted molar refractivity (Wildman–Crippen MR) is 66.1 cm³/mol. The van der Waals surface area contributed by atoms with E-state index in [1.165, 1.54) is 0 Å². The molecule has 1 rings (SSSR count). The van der Waals surface area contributed by atoms with Crippen molar-refractivity contribution >= 4 is 5.69 Å². The van der Waals surface area contributed by atoms with Crippen molar-refractivity contribution in [1.29, 1.82) is 0 Å². The van der Waals surface area contributed by atoms with Crippen molar-refractivity contribution in [3.05, 3.63) is 29.8 Å². The van der Waals surface area contributed by atoms with Crippen LogP contribution in [-0.4, -0.2) is 17.3 Å². The van der Waals surface area contributed by atoms with Gasteiger partial charge in [0.15, 0.2) is 0 Å². The average molecular weight is 223 g/mol. The number of hydrogen-bond acceptors (Lipinski definition) is 3. The van der Waals surface area contributed by atoms with Crippen LogP contribution in [0.2, 0.25) is 0 Å². The van der Waals surface area contributed by atoms with Gasteiger partial charge in [0.2, 0.25) is 0 Å². The second kappa shape index (κ2) is 5.32. The van der Waals surface area contributed by atoms with E-state index in [0.29, 0.717) is 12.3 Å². The number of rotatable bonds is 5. The third-order valence-electron chi connectivity index (χ3n) is 2.78. The molecule has 1 aromatic carbocycles. The summed E-state index contributed by atoms with van der Waals surface area (Å²) in [7, 11) is 0. The van der Waals surface area contributed by atoms with Crippen LogP contribution in [0.3, 0.4) is 0 Å². The van der Waals surface area contributed by atoms with Crippen LogP contribution < -0.4 is 5.73 Å². The number of ether oxygens (including phenoxy) is 1. The van der Waals surface area contributed by atoms with Crippen molar-refractivity contribution in [2.24, 2.45) is 0 Å². The number of nitrogens with two attached hydrogens (primary N) is 1. The molecule has 1 unspecified atom stereocenters. The molecule has 16 heavy (non-hydrogen) atoms. The topological polar surface area (TPSA) is 55.5 Å². The summed E-state index contributed by atoms with van der Waals surface area (Å²) in [4.78, 5) is 0. The fourth-order valence-electron chi connectivity index (χ4n) is 1.27. The van der Waals surface area contributed by atoms with E-state index in [-0.39, 0.29) is 5.60 Å². The van der Waals surface area contributed by atoms with Gasteiger partial charge in [-0.2, -0.15) is 0 Å². The first-order valence-corrected chi connectivity index (χ1v) is 5.62. The standard InChI is InChI=1S/C13H21NO2/c1-4-13(2,3)16-9-12(15)10-6-5-7-11(14)8-10/h5-8,12,15H,4,9,14H2,1-3H3. The molecular formula is C13H21NO2. The fraction of sp³-hybridized carbons (Fsp3) is 0.538. The van der Waals surface area contributed by atoms with Gasteiger partial charge in [0, 0.05) is 5.69 Å². The van der Waals surface area contributed by atoms with Crippen molar-refractivity contribution in [2.75, 3.05) is 12.3 Å². The Balaban J connectivity index is 2.56. The minimum Gasteiger partial charge on any atom is -0.399 e. The Morgan fingerprint density at radius 2 is 2.12 bits per heavy atom. The third-order valence-corrected chi connectivity index (χ3v) is 2.78. The molecule has 0 bridgehead atoms. The predicted octanol–water partition coefficient (Wildman–Crippen LogP) is 2.51. The molecule has 0 aromatic heterocycles. The highest BCUT2D eigenvalue weighted by Crippen LogP contribution is 2.20. The largest absolute Gasteiger partial charge is 0.399 e. The lowest BCUT2D eigenvalue weighted by Crippen LogP contribution is -2.25. The van der Waals surface area contributed by atoms with Gasteiger partial charge >= 0.3 is 0 Å². The van der Waals surface area contributed by atoms with Gasteiger partial charge in [-0.25, -0.2) is 0 Å². The maximum atomic E-state index is 9.92. The molecule has 0 aliphatic heterocycles. The molecule has 0 radical (unpaired) electrons. The van der Waals surface area contributed by atoms with Crippen LogP contribution in [0.5, 0.6) is 0 Å². The zero-order chi connectivity index (χ0) is 12.2. The SMILES string of the molecule is CCC(C)(C)OCC(O)c1cccc(N)c1. The molecule has 3 N–H and O–H groups in total. The molecule has 0 saturated heterocycles. The zero-order valence-electron chi connectivity index (χ0n) is 10.2. The van der Waals surface area contributed by atoms with E-state index in [9.17, 15) is 5.11 Å². The molecule has 0 amide bonds. The highest BCUT2D eigenvalue weighted by Gasteiger charge is 2.18. The molecular weight excluding hydrogens is 202 g/mol. The lowest BCUT2D eigenvalue weighted by molar-refractivity contribution is -0.0618. The Kier molecular flexibility index (Phi) is 4.33. The van der Waals surface area contributed by atoms with Gasteiger partial charge in [0.25, 0.3) is 0 Å². The van der Waals surface area contributed by atoms with Crippen LogP contribution in [0.1, 0.15) is 38.9 Å². The summed E-state index contributed by atoms with van der Waals surface area (Å²) in [6.45, 7) is 6.38. The molecule has 0 fully saturated rings. The van der Waals surface area contributed by atoms with E-state index in [1.54, 1.807) is 12.1 Å². The van der Waals surface area contributed by atoms with E-state index in [4.69, 9.17) is 10.5 Å². The fourth-order valence-corrected chi connectivity index (χ4v) is 1.27. The van der Waals surface area contributed by atoms with Gasteiger partial charge in [-0.3, -0.25) is 0 Å². The first kappa shape index (κ1) is 13.0. The van der Waals surface area contributed by atoms with Crippen molar-refractivity contribution in [1.82, 2.24) is 0 Å². The first-order chi connectivity index (χ1) is 7.44. The van der Waals surface area contributed by atoms with Crippen LogP contribution in [0.4, 0.5) is 5.69 Å². The smallest absolute Gasteiger partial charge is 0.102 e. The molecule has 0 saturated carbocycles. The van der Waals surface area contributed by atoms with E-state index in [1.807, 2.05) is 26.0 Å². The van der Waals surface area contributed by atoms with Crippen molar-refractivity contribution < 1.29 is 9.84 Å². The summed E-state index contributed by atoms with van der Waals surface area (Å²) < 4.78 is 5.64. The van der Waals surface area contributed by atoms with Crippen LogP contribution in [0.25, 0.3) is 0 Å². The zero-order valence-corrected chi connectivity index (χ0v) is 10.2. The number of hydrogen-bond donors (Lipinski definition) is 2. The van der Waals surface area contributed by atoms with Gasteiger partial charge in [-0.05, 0) is 38.0 Å². The highest BCUT2D eigenvalue weighted by molar-refractivity contribution is 5.41. The van der Waals surface area contributed by atoms with E-state index < -0.39 is 6.10 Å². The Labute approximate surface area is 97.2 Å². The highest BCUT2D eigenvalue weighted by atomic mass is 16.5. The minimum absolute atomic E-state index is 0.193. The quantitative estimate of drug-likeness (QED) is 0.754. The first-order valence-electron chi connectivity index (χ1n) is 5.62. The van der Waals surface area contributed by atoms with E-state index in [0.717, 1.165) is 12.0 Å². The summed E-state index contributed by atoms with van der Waals surface area (Å²) in [5, 5.41) is 9.92. The Hall–Kier alpha value is -1.06. The summed E-state index contributed by atoms with van der Waals surface area (Å²) >= 11 is 0. The Morgan fingerprint density at radius 3 is 2.69 bits per heavy atom. The lowest BCUT2D eigenvalue weighted by atomic mass is 10.1. The summed E-state index contributed by atoms with van der Waals surface area (Å²) in [5.74, 6) is 0. The minimum atomic E-state index is -0.616. The number of anilines is 1. The van der Waals surface area contributed by atoms with Gasteiger partial charge in [0.1, 0.15) is 6.10 Å². The third kappa shape index (κ3) is 3.83. The van der Waals surface area contributed by atoms with Crippen LogP contribution in [0.15, 0.2) is 24.3 Å².